The molecule has 0 aliphatic carbocycles. The molecule has 0 bridgehead atoms. The summed E-state index contributed by atoms with van der Waals surface area (Å²) in [5.74, 6) is 1.10. The highest BCUT2D eigenvalue weighted by Crippen LogP contribution is 2.39. The highest BCUT2D eigenvalue weighted by molar-refractivity contribution is 7.18. The zero-order valence-electron chi connectivity index (χ0n) is 18.7. The van der Waals surface area contributed by atoms with Crippen LogP contribution in [0.2, 0.25) is 0 Å². The van der Waals surface area contributed by atoms with Crippen LogP contribution in [0.25, 0.3) is 32.5 Å². The lowest BCUT2D eigenvalue weighted by Gasteiger charge is -2.26. The number of H-pyrrole nitrogens is 1. The van der Waals surface area contributed by atoms with Gasteiger partial charge in [-0.15, -0.1) is 11.3 Å². The standard InChI is InChI=1S/C25H24N6O2S/c1-16(32)29-20-15-19(9-10-26-20)24-30-21(22(34-24)23-27-11-12-28-23)17-5-7-18(8-6-17)25(33)31-13-3-2-4-14-31/h5-12,15H,2-4,13-14H2,1H3,(H,27,28)(H,26,29,32). The Hall–Kier alpha value is -3.85. The minimum Gasteiger partial charge on any atom is -0.344 e. The van der Waals surface area contributed by atoms with Crippen LogP contribution in [-0.4, -0.2) is 49.7 Å². The van der Waals surface area contributed by atoms with Crippen LogP contribution in [0, 0.1) is 0 Å². The van der Waals surface area contributed by atoms with Crippen LogP contribution in [0.1, 0.15) is 36.5 Å². The zero-order chi connectivity index (χ0) is 23.5. The van der Waals surface area contributed by atoms with Gasteiger partial charge >= 0.3 is 0 Å². The van der Waals surface area contributed by atoms with E-state index < -0.39 is 0 Å². The molecule has 2 N–H and O–H groups in total. The van der Waals surface area contributed by atoms with Gasteiger partial charge in [-0.1, -0.05) is 12.1 Å². The van der Waals surface area contributed by atoms with Crippen LogP contribution in [-0.2, 0) is 4.79 Å². The van der Waals surface area contributed by atoms with Crippen molar-refractivity contribution in [3.05, 3.63) is 60.6 Å². The fraction of sp³-hybridized carbons (Fsp3) is 0.240. The second kappa shape index (κ2) is 9.56. The van der Waals surface area contributed by atoms with Crippen molar-refractivity contribution in [2.75, 3.05) is 18.4 Å². The van der Waals surface area contributed by atoms with Crippen molar-refractivity contribution in [1.82, 2.24) is 24.8 Å². The number of imidazole rings is 1. The largest absolute Gasteiger partial charge is 0.344 e. The van der Waals surface area contributed by atoms with E-state index in [2.05, 4.69) is 20.3 Å². The molecule has 172 valence electrons. The predicted molar refractivity (Wildman–Crippen MR) is 132 cm³/mol. The number of amides is 2. The molecule has 1 aliphatic rings. The second-order valence-corrected chi connectivity index (χ2v) is 9.17. The van der Waals surface area contributed by atoms with Gasteiger partial charge in [-0.2, -0.15) is 0 Å². The first-order valence-corrected chi connectivity index (χ1v) is 12.0. The van der Waals surface area contributed by atoms with E-state index in [-0.39, 0.29) is 11.8 Å². The third-order valence-electron chi connectivity index (χ3n) is 5.70. The molecule has 0 spiro atoms. The Morgan fingerprint density at radius 1 is 1.00 bits per heavy atom. The Kier molecular flexibility index (Phi) is 6.18. The smallest absolute Gasteiger partial charge is 0.253 e. The van der Waals surface area contributed by atoms with Crippen molar-refractivity contribution in [2.24, 2.45) is 0 Å². The zero-order valence-corrected chi connectivity index (χ0v) is 19.6. The van der Waals surface area contributed by atoms with E-state index >= 15 is 0 Å². The number of hydrogen-bond donors (Lipinski definition) is 2. The minimum absolute atomic E-state index is 0.0822. The Morgan fingerprint density at radius 3 is 2.50 bits per heavy atom. The second-order valence-electron chi connectivity index (χ2n) is 8.18. The number of nitrogens with one attached hydrogen (secondary N) is 2. The molecule has 5 rings (SSSR count). The number of aromatic amines is 1. The summed E-state index contributed by atoms with van der Waals surface area (Å²) in [5.41, 5.74) is 3.22. The van der Waals surface area contributed by atoms with Gasteiger partial charge < -0.3 is 15.2 Å². The summed E-state index contributed by atoms with van der Waals surface area (Å²) in [7, 11) is 0. The number of likely N-dealkylation sites (tertiary alicyclic amines) is 1. The molecule has 2 amide bonds. The first-order chi connectivity index (χ1) is 16.6. The van der Waals surface area contributed by atoms with E-state index in [0.717, 1.165) is 58.5 Å². The van der Waals surface area contributed by atoms with E-state index in [1.165, 1.54) is 24.7 Å². The number of carbonyl (C=O) groups is 2. The summed E-state index contributed by atoms with van der Waals surface area (Å²) in [4.78, 5) is 43.8. The molecule has 1 aliphatic heterocycles. The van der Waals surface area contributed by atoms with Crippen LogP contribution in [0.4, 0.5) is 5.82 Å². The van der Waals surface area contributed by atoms with Gasteiger partial charge in [0, 0.05) is 55.3 Å². The molecule has 8 nitrogen and oxygen atoms in total. The van der Waals surface area contributed by atoms with Crippen molar-refractivity contribution < 1.29 is 9.59 Å². The van der Waals surface area contributed by atoms with Gasteiger partial charge in [0.2, 0.25) is 5.91 Å². The summed E-state index contributed by atoms with van der Waals surface area (Å²) in [6.45, 7) is 3.10. The van der Waals surface area contributed by atoms with Crippen molar-refractivity contribution in [2.45, 2.75) is 26.2 Å². The van der Waals surface area contributed by atoms with E-state index in [1.807, 2.05) is 35.2 Å². The number of hydrogen-bond acceptors (Lipinski definition) is 6. The Labute approximate surface area is 201 Å². The number of carbonyl (C=O) groups excluding carboxylic acids is 2. The van der Waals surface area contributed by atoms with Gasteiger partial charge in [0.15, 0.2) is 0 Å². The van der Waals surface area contributed by atoms with Crippen LogP contribution < -0.4 is 5.32 Å². The Bertz CT molecular complexity index is 1310. The third-order valence-corrected chi connectivity index (χ3v) is 6.81. The molecular weight excluding hydrogens is 448 g/mol. The summed E-state index contributed by atoms with van der Waals surface area (Å²) < 4.78 is 0. The fourth-order valence-electron chi connectivity index (χ4n) is 4.05. The van der Waals surface area contributed by atoms with Gasteiger partial charge in [-0.3, -0.25) is 9.59 Å². The van der Waals surface area contributed by atoms with Gasteiger partial charge in [0.1, 0.15) is 16.6 Å². The monoisotopic (exact) mass is 472 g/mol. The lowest BCUT2D eigenvalue weighted by atomic mass is 10.1. The number of thiazole rings is 1. The molecule has 0 atom stereocenters. The van der Waals surface area contributed by atoms with E-state index in [9.17, 15) is 9.59 Å². The predicted octanol–water partition coefficient (Wildman–Crippen LogP) is 4.85. The number of benzene rings is 1. The number of piperidine rings is 1. The first-order valence-electron chi connectivity index (χ1n) is 11.2. The molecule has 9 heteroatoms. The van der Waals surface area contributed by atoms with Crippen molar-refractivity contribution in [3.63, 3.8) is 0 Å². The number of rotatable bonds is 5. The molecule has 3 aromatic heterocycles. The molecule has 4 aromatic rings. The maximum atomic E-state index is 12.9. The highest BCUT2D eigenvalue weighted by atomic mass is 32.1. The maximum absolute atomic E-state index is 12.9. The summed E-state index contributed by atoms with van der Waals surface area (Å²) in [6, 6.07) is 11.3. The number of aromatic nitrogens is 4. The summed E-state index contributed by atoms with van der Waals surface area (Å²) in [5, 5.41) is 3.49. The number of pyridine rings is 1. The number of anilines is 1. The van der Waals surface area contributed by atoms with Crippen molar-refractivity contribution >= 4 is 29.0 Å². The van der Waals surface area contributed by atoms with E-state index in [1.54, 1.807) is 24.7 Å². The average Bonchev–Trinajstić information content (AvgIpc) is 3.54. The van der Waals surface area contributed by atoms with Crippen LogP contribution >= 0.6 is 11.3 Å². The van der Waals surface area contributed by atoms with Crippen LogP contribution in [0.15, 0.2) is 55.0 Å². The van der Waals surface area contributed by atoms with Gasteiger partial charge in [-0.05, 0) is 43.5 Å². The fourth-order valence-corrected chi connectivity index (χ4v) is 5.10. The molecular formula is C25H24N6O2S. The van der Waals surface area contributed by atoms with Gasteiger partial charge in [-0.25, -0.2) is 15.0 Å². The van der Waals surface area contributed by atoms with E-state index in [4.69, 9.17) is 4.98 Å². The Morgan fingerprint density at radius 2 is 1.79 bits per heavy atom. The summed E-state index contributed by atoms with van der Waals surface area (Å²) in [6.07, 6.45) is 8.46. The van der Waals surface area contributed by atoms with Crippen molar-refractivity contribution in [1.29, 1.82) is 0 Å². The molecule has 34 heavy (non-hydrogen) atoms. The maximum Gasteiger partial charge on any atom is 0.253 e. The van der Waals surface area contributed by atoms with E-state index in [0.29, 0.717) is 11.4 Å². The van der Waals surface area contributed by atoms with Crippen LogP contribution in [0.5, 0.6) is 0 Å². The minimum atomic E-state index is -0.181. The molecule has 0 radical (unpaired) electrons. The molecule has 0 unspecified atom stereocenters. The molecule has 4 heterocycles. The molecule has 1 fully saturated rings. The first kappa shape index (κ1) is 22.0. The quantitative estimate of drug-likeness (QED) is 0.432. The molecule has 1 aromatic carbocycles. The number of nitrogens with zero attached hydrogens (tertiary/aromatic N) is 4. The molecule has 1 saturated heterocycles. The van der Waals surface area contributed by atoms with Crippen molar-refractivity contribution in [3.8, 4) is 32.5 Å². The van der Waals surface area contributed by atoms with Gasteiger partial charge in [0.05, 0.1) is 10.6 Å². The average molecular weight is 473 g/mol. The molecule has 0 saturated carbocycles. The normalized spacial score (nSPS) is 13.6. The Balaban J connectivity index is 1.49. The van der Waals surface area contributed by atoms with Crippen LogP contribution in [0.3, 0.4) is 0 Å². The summed E-state index contributed by atoms with van der Waals surface area (Å²) >= 11 is 1.51. The SMILES string of the molecule is CC(=O)Nc1cc(-c2nc(-c3ccc(C(=O)N4CCCCC4)cc3)c(-c3ncc[nH]3)s2)ccn1. The van der Waals surface area contributed by atoms with Gasteiger partial charge in [0.25, 0.3) is 5.91 Å². The lowest BCUT2D eigenvalue weighted by molar-refractivity contribution is -0.114. The highest BCUT2D eigenvalue weighted by Gasteiger charge is 2.21. The topological polar surface area (TPSA) is 104 Å². The lowest BCUT2D eigenvalue weighted by Crippen LogP contribution is -2.35. The third kappa shape index (κ3) is 4.60.